The Balaban J connectivity index is 2.88. The number of carbonyl (C=O) groups is 1. The van der Waals surface area contributed by atoms with Crippen molar-refractivity contribution >= 4 is 22.2 Å². The third-order valence-corrected chi connectivity index (χ3v) is 3.39. The van der Waals surface area contributed by atoms with E-state index in [1.165, 1.54) is 12.1 Å². The van der Waals surface area contributed by atoms with Crippen LogP contribution in [0.5, 0.6) is 0 Å². The zero-order valence-electron chi connectivity index (χ0n) is 10.5. The van der Waals surface area contributed by atoms with E-state index in [0.29, 0.717) is 0 Å². The first-order chi connectivity index (χ1) is 8.90. The topological polar surface area (TPSA) is 69.7 Å². The van der Waals surface area contributed by atoms with Crippen molar-refractivity contribution in [2.24, 2.45) is 0 Å². The van der Waals surface area contributed by atoms with E-state index in [2.05, 4.69) is 22.1 Å². The SMILES string of the molecule is C=Cc1ccc(S(=O)(=O)OC(=C)C(=O)OCC)cc1. The van der Waals surface area contributed by atoms with Crippen molar-refractivity contribution in [2.75, 3.05) is 6.61 Å². The molecule has 0 saturated heterocycles. The zero-order valence-corrected chi connectivity index (χ0v) is 11.3. The molecule has 0 atom stereocenters. The summed E-state index contributed by atoms with van der Waals surface area (Å²) in [6, 6.07) is 5.84. The summed E-state index contributed by atoms with van der Waals surface area (Å²) in [4.78, 5) is 11.1. The summed E-state index contributed by atoms with van der Waals surface area (Å²) in [6.07, 6.45) is 1.58. The number of ether oxygens (including phenoxy) is 1. The van der Waals surface area contributed by atoms with E-state index in [9.17, 15) is 13.2 Å². The van der Waals surface area contributed by atoms with Crippen LogP contribution >= 0.6 is 0 Å². The molecule has 0 spiro atoms. The van der Waals surface area contributed by atoms with Gasteiger partial charge in [0.15, 0.2) is 0 Å². The highest BCUT2D eigenvalue weighted by molar-refractivity contribution is 7.86. The highest BCUT2D eigenvalue weighted by Crippen LogP contribution is 2.17. The Labute approximate surface area is 112 Å². The maximum absolute atomic E-state index is 11.8. The average molecular weight is 282 g/mol. The molecule has 0 N–H and O–H groups in total. The second kappa shape index (κ2) is 6.19. The molecule has 0 fully saturated rings. The van der Waals surface area contributed by atoms with Crippen molar-refractivity contribution in [3.8, 4) is 0 Å². The highest BCUT2D eigenvalue weighted by Gasteiger charge is 2.21. The van der Waals surface area contributed by atoms with Crippen LogP contribution in [0.25, 0.3) is 6.08 Å². The van der Waals surface area contributed by atoms with Crippen LogP contribution < -0.4 is 0 Å². The van der Waals surface area contributed by atoms with Gasteiger partial charge in [-0.3, -0.25) is 0 Å². The molecule has 1 aromatic carbocycles. The fourth-order valence-corrected chi connectivity index (χ4v) is 2.10. The van der Waals surface area contributed by atoms with E-state index in [1.807, 2.05) is 0 Å². The standard InChI is InChI=1S/C13H14O5S/c1-4-11-6-8-12(9-7-11)19(15,16)18-10(3)13(14)17-5-2/h4,6-9H,1,3,5H2,2H3. The van der Waals surface area contributed by atoms with Crippen molar-refractivity contribution in [3.63, 3.8) is 0 Å². The van der Waals surface area contributed by atoms with Gasteiger partial charge in [-0.25, -0.2) is 4.79 Å². The van der Waals surface area contributed by atoms with Gasteiger partial charge in [0.1, 0.15) is 4.90 Å². The van der Waals surface area contributed by atoms with Crippen molar-refractivity contribution in [1.29, 1.82) is 0 Å². The van der Waals surface area contributed by atoms with Crippen LogP contribution in [0.1, 0.15) is 12.5 Å². The Kier molecular flexibility index (Phi) is 4.88. The summed E-state index contributed by atoms with van der Waals surface area (Å²) in [5, 5.41) is 0. The molecule has 0 aliphatic rings. The first-order valence-corrected chi connectivity index (χ1v) is 6.84. The van der Waals surface area contributed by atoms with E-state index in [1.54, 1.807) is 25.1 Å². The van der Waals surface area contributed by atoms with E-state index < -0.39 is 21.8 Å². The van der Waals surface area contributed by atoms with Gasteiger partial charge in [0.25, 0.3) is 0 Å². The van der Waals surface area contributed by atoms with E-state index in [0.717, 1.165) is 5.56 Å². The van der Waals surface area contributed by atoms with Gasteiger partial charge in [0.2, 0.25) is 5.76 Å². The normalized spacial score (nSPS) is 10.6. The summed E-state index contributed by atoms with van der Waals surface area (Å²) in [7, 11) is -4.08. The van der Waals surface area contributed by atoms with E-state index >= 15 is 0 Å². The van der Waals surface area contributed by atoms with Gasteiger partial charge < -0.3 is 8.92 Å². The second-order valence-electron chi connectivity index (χ2n) is 3.45. The predicted octanol–water partition coefficient (Wildman–Crippen LogP) is 2.11. The number of benzene rings is 1. The molecule has 0 heterocycles. The lowest BCUT2D eigenvalue weighted by Gasteiger charge is -2.08. The predicted molar refractivity (Wildman–Crippen MR) is 70.6 cm³/mol. The van der Waals surface area contributed by atoms with Crippen molar-refractivity contribution in [3.05, 3.63) is 48.7 Å². The fourth-order valence-electron chi connectivity index (χ4n) is 1.20. The van der Waals surface area contributed by atoms with Gasteiger partial charge in [0, 0.05) is 0 Å². The molecular weight excluding hydrogens is 268 g/mol. The smallest absolute Gasteiger partial charge is 0.374 e. The molecule has 19 heavy (non-hydrogen) atoms. The molecule has 0 aliphatic carbocycles. The van der Waals surface area contributed by atoms with Crippen LogP contribution in [0.2, 0.25) is 0 Å². The molecule has 0 saturated carbocycles. The lowest BCUT2D eigenvalue weighted by Crippen LogP contribution is -2.14. The zero-order chi connectivity index (χ0) is 14.5. The summed E-state index contributed by atoms with van der Waals surface area (Å²) in [5.41, 5.74) is 0.767. The summed E-state index contributed by atoms with van der Waals surface area (Å²) >= 11 is 0. The first kappa shape index (κ1) is 15.0. The molecule has 1 rings (SSSR count). The number of rotatable bonds is 6. The third kappa shape index (κ3) is 3.96. The molecule has 0 amide bonds. The van der Waals surface area contributed by atoms with Crippen LogP contribution in [0.15, 0.2) is 48.1 Å². The average Bonchev–Trinajstić information content (AvgIpc) is 2.38. The van der Waals surface area contributed by atoms with Gasteiger partial charge in [0.05, 0.1) is 6.61 Å². The van der Waals surface area contributed by atoms with E-state index in [-0.39, 0.29) is 11.5 Å². The van der Waals surface area contributed by atoms with E-state index in [4.69, 9.17) is 0 Å². The molecular formula is C13H14O5S. The van der Waals surface area contributed by atoms with Crippen LogP contribution in [0, 0.1) is 0 Å². The summed E-state index contributed by atoms with van der Waals surface area (Å²) in [6.45, 7) is 8.48. The Hall–Kier alpha value is -2.08. The van der Waals surface area contributed by atoms with Crippen LogP contribution in [0.3, 0.4) is 0 Å². The minimum atomic E-state index is -4.08. The quantitative estimate of drug-likeness (QED) is 0.346. The molecule has 5 nitrogen and oxygen atoms in total. The van der Waals surface area contributed by atoms with Crippen LogP contribution in [-0.2, 0) is 23.8 Å². The van der Waals surface area contributed by atoms with Gasteiger partial charge >= 0.3 is 16.1 Å². The maximum atomic E-state index is 11.8. The molecule has 0 aliphatic heterocycles. The first-order valence-electron chi connectivity index (χ1n) is 5.43. The highest BCUT2D eigenvalue weighted by atomic mass is 32.2. The van der Waals surface area contributed by atoms with Gasteiger partial charge in [-0.15, -0.1) is 0 Å². The molecule has 6 heteroatoms. The minimum absolute atomic E-state index is 0.0800. The molecule has 1 aromatic rings. The summed E-state index contributed by atoms with van der Waals surface area (Å²) < 4.78 is 32.8. The van der Waals surface area contributed by atoms with Gasteiger partial charge in [-0.05, 0) is 31.2 Å². The van der Waals surface area contributed by atoms with Crippen LogP contribution in [-0.4, -0.2) is 21.0 Å². The second-order valence-corrected chi connectivity index (χ2v) is 5.00. The molecule has 0 aromatic heterocycles. The van der Waals surface area contributed by atoms with Crippen molar-refractivity contribution < 1.29 is 22.1 Å². The molecule has 0 bridgehead atoms. The monoisotopic (exact) mass is 282 g/mol. The summed E-state index contributed by atoms with van der Waals surface area (Å²) in [5.74, 6) is -1.48. The Bertz CT molecular complexity index is 584. The lowest BCUT2D eigenvalue weighted by atomic mass is 10.2. The maximum Gasteiger partial charge on any atom is 0.374 e. The van der Waals surface area contributed by atoms with Crippen molar-refractivity contribution in [2.45, 2.75) is 11.8 Å². The lowest BCUT2D eigenvalue weighted by molar-refractivity contribution is -0.140. The largest absolute Gasteiger partial charge is 0.460 e. The molecule has 0 unspecified atom stereocenters. The Morgan fingerprint density at radius 1 is 1.32 bits per heavy atom. The Morgan fingerprint density at radius 2 is 1.89 bits per heavy atom. The molecule has 0 radical (unpaired) electrons. The Morgan fingerprint density at radius 3 is 2.37 bits per heavy atom. The van der Waals surface area contributed by atoms with Crippen molar-refractivity contribution in [1.82, 2.24) is 0 Å². The number of esters is 1. The number of carbonyl (C=O) groups excluding carboxylic acids is 1. The third-order valence-electron chi connectivity index (χ3n) is 2.12. The number of hydrogen-bond acceptors (Lipinski definition) is 5. The number of hydrogen-bond donors (Lipinski definition) is 0. The van der Waals surface area contributed by atoms with Gasteiger partial charge in [-0.1, -0.05) is 24.8 Å². The van der Waals surface area contributed by atoms with Gasteiger partial charge in [-0.2, -0.15) is 8.42 Å². The minimum Gasteiger partial charge on any atom is -0.460 e. The fraction of sp³-hybridized carbons (Fsp3) is 0.154. The van der Waals surface area contributed by atoms with Crippen LogP contribution in [0.4, 0.5) is 0 Å². The molecule has 102 valence electrons.